The normalized spacial score (nSPS) is 30.8. The standard InChI is InChI=1S/C21H33NO2/c1-2-3-4-6-17-8-12-19(13-9-17)21(23)24-20-14-10-18(11-15-20)7-5-16-22/h5,7,17-20H,2-4,6,8-15H2,1H3/b7-5+/t17-,18?,19-,20?. The van der Waals surface area contributed by atoms with E-state index in [2.05, 4.69) is 13.0 Å². The van der Waals surface area contributed by atoms with E-state index < -0.39 is 0 Å². The fourth-order valence-corrected chi connectivity index (χ4v) is 4.21. The molecule has 3 nitrogen and oxygen atoms in total. The van der Waals surface area contributed by atoms with Gasteiger partial charge in [-0.15, -0.1) is 0 Å². The molecule has 2 rings (SSSR count). The van der Waals surface area contributed by atoms with Gasteiger partial charge in [-0.1, -0.05) is 38.7 Å². The van der Waals surface area contributed by atoms with Gasteiger partial charge < -0.3 is 4.74 Å². The zero-order chi connectivity index (χ0) is 17.2. The fourth-order valence-electron chi connectivity index (χ4n) is 4.21. The number of carbonyl (C=O) groups is 1. The Balaban J connectivity index is 1.64. The summed E-state index contributed by atoms with van der Waals surface area (Å²) in [5.74, 6) is 1.52. The molecular formula is C21H33NO2. The first-order valence-electron chi connectivity index (χ1n) is 9.99. The molecule has 0 saturated heterocycles. The minimum Gasteiger partial charge on any atom is -0.462 e. The molecule has 0 aromatic carbocycles. The summed E-state index contributed by atoms with van der Waals surface area (Å²) in [5.41, 5.74) is 0. The Hall–Kier alpha value is -1.30. The average Bonchev–Trinajstić information content (AvgIpc) is 2.62. The molecule has 0 unspecified atom stereocenters. The number of hydrogen-bond donors (Lipinski definition) is 0. The molecule has 2 fully saturated rings. The van der Waals surface area contributed by atoms with Crippen LogP contribution in [0, 0.1) is 29.1 Å². The summed E-state index contributed by atoms with van der Waals surface area (Å²) in [6.07, 6.45) is 17.4. The molecule has 24 heavy (non-hydrogen) atoms. The van der Waals surface area contributed by atoms with Crippen molar-refractivity contribution < 1.29 is 9.53 Å². The molecule has 0 radical (unpaired) electrons. The van der Waals surface area contributed by atoms with Gasteiger partial charge in [0.25, 0.3) is 0 Å². The lowest BCUT2D eigenvalue weighted by Crippen LogP contribution is -2.29. The number of unbranched alkanes of at least 4 members (excludes halogenated alkanes) is 2. The van der Waals surface area contributed by atoms with E-state index >= 15 is 0 Å². The largest absolute Gasteiger partial charge is 0.462 e. The van der Waals surface area contributed by atoms with Crippen LogP contribution in [0.2, 0.25) is 0 Å². The molecule has 0 N–H and O–H groups in total. The van der Waals surface area contributed by atoms with E-state index in [9.17, 15) is 4.79 Å². The first-order chi connectivity index (χ1) is 11.7. The van der Waals surface area contributed by atoms with E-state index in [1.54, 1.807) is 6.08 Å². The number of allylic oxidation sites excluding steroid dienone is 2. The van der Waals surface area contributed by atoms with E-state index in [1.165, 1.54) is 38.5 Å². The van der Waals surface area contributed by atoms with Gasteiger partial charge in [-0.25, -0.2) is 0 Å². The van der Waals surface area contributed by atoms with E-state index in [-0.39, 0.29) is 18.0 Å². The van der Waals surface area contributed by atoms with Crippen LogP contribution in [0.25, 0.3) is 0 Å². The molecule has 0 spiro atoms. The summed E-state index contributed by atoms with van der Waals surface area (Å²) in [6.45, 7) is 2.25. The van der Waals surface area contributed by atoms with Gasteiger partial charge >= 0.3 is 5.97 Å². The van der Waals surface area contributed by atoms with Gasteiger partial charge in [0.1, 0.15) is 6.10 Å². The lowest BCUT2D eigenvalue weighted by Gasteiger charge is -2.31. The minimum absolute atomic E-state index is 0.0537. The van der Waals surface area contributed by atoms with Crippen LogP contribution in [0.1, 0.15) is 84.0 Å². The quantitative estimate of drug-likeness (QED) is 0.349. The van der Waals surface area contributed by atoms with Crippen LogP contribution in [-0.4, -0.2) is 12.1 Å². The van der Waals surface area contributed by atoms with Crippen molar-refractivity contribution in [1.82, 2.24) is 0 Å². The molecule has 0 amide bonds. The molecule has 2 aliphatic rings. The second-order valence-electron chi connectivity index (χ2n) is 7.68. The Bertz CT molecular complexity index is 435. The Labute approximate surface area is 147 Å². The third kappa shape index (κ3) is 6.30. The van der Waals surface area contributed by atoms with Gasteiger partial charge in [0, 0.05) is 6.08 Å². The number of carbonyl (C=O) groups excluding carboxylic acids is 1. The molecule has 2 saturated carbocycles. The van der Waals surface area contributed by atoms with E-state index in [0.29, 0.717) is 5.92 Å². The van der Waals surface area contributed by atoms with Gasteiger partial charge in [0.15, 0.2) is 0 Å². The van der Waals surface area contributed by atoms with Crippen LogP contribution in [0.15, 0.2) is 12.2 Å². The van der Waals surface area contributed by atoms with Crippen molar-refractivity contribution in [2.24, 2.45) is 17.8 Å². The van der Waals surface area contributed by atoms with Crippen LogP contribution < -0.4 is 0 Å². The van der Waals surface area contributed by atoms with E-state index in [4.69, 9.17) is 10.00 Å². The predicted molar refractivity (Wildman–Crippen MR) is 96.2 cm³/mol. The van der Waals surface area contributed by atoms with Crippen molar-refractivity contribution in [1.29, 1.82) is 5.26 Å². The highest BCUT2D eigenvalue weighted by molar-refractivity contribution is 5.72. The second kappa shape index (κ2) is 10.5. The molecule has 0 aromatic heterocycles. The van der Waals surface area contributed by atoms with Crippen molar-refractivity contribution in [2.75, 3.05) is 0 Å². The Kier molecular flexibility index (Phi) is 8.36. The smallest absolute Gasteiger partial charge is 0.309 e. The Morgan fingerprint density at radius 1 is 1.08 bits per heavy atom. The van der Waals surface area contributed by atoms with Crippen molar-refractivity contribution >= 4 is 5.97 Å². The number of nitriles is 1. The molecule has 0 atom stereocenters. The molecule has 2 aliphatic carbocycles. The van der Waals surface area contributed by atoms with Crippen LogP contribution in [0.3, 0.4) is 0 Å². The first kappa shape index (κ1) is 19.0. The number of esters is 1. The van der Waals surface area contributed by atoms with Crippen LogP contribution in [0.4, 0.5) is 0 Å². The zero-order valence-electron chi connectivity index (χ0n) is 15.2. The maximum Gasteiger partial charge on any atom is 0.309 e. The lowest BCUT2D eigenvalue weighted by molar-refractivity contribution is -0.157. The van der Waals surface area contributed by atoms with Crippen LogP contribution in [0.5, 0.6) is 0 Å². The monoisotopic (exact) mass is 331 g/mol. The Morgan fingerprint density at radius 2 is 1.79 bits per heavy atom. The third-order valence-corrected chi connectivity index (χ3v) is 5.84. The summed E-state index contributed by atoms with van der Waals surface area (Å²) in [6, 6.07) is 2.05. The van der Waals surface area contributed by atoms with Crippen molar-refractivity contribution in [3.05, 3.63) is 12.2 Å². The molecule has 0 aromatic rings. The van der Waals surface area contributed by atoms with Gasteiger partial charge in [-0.05, 0) is 63.2 Å². The highest BCUT2D eigenvalue weighted by atomic mass is 16.5. The molecular weight excluding hydrogens is 298 g/mol. The van der Waals surface area contributed by atoms with E-state index in [0.717, 1.165) is 44.4 Å². The Morgan fingerprint density at radius 3 is 2.42 bits per heavy atom. The zero-order valence-corrected chi connectivity index (χ0v) is 15.2. The van der Waals surface area contributed by atoms with Gasteiger partial charge in [0.2, 0.25) is 0 Å². The number of hydrogen-bond acceptors (Lipinski definition) is 3. The van der Waals surface area contributed by atoms with Crippen molar-refractivity contribution in [3.8, 4) is 6.07 Å². The number of rotatable bonds is 7. The highest BCUT2D eigenvalue weighted by Gasteiger charge is 2.30. The number of ether oxygens (including phenoxy) is 1. The first-order valence-corrected chi connectivity index (χ1v) is 9.99. The molecule has 3 heteroatoms. The second-order valence-corrected chi connectivity index (χ2v) is 7.68. The lowest BCUT2D eigenvalue weighted by atomic mass is 9.79. The molecule has 0 aliphatic heterocycles. The third-order valence-electron chi connectivity index (χ3n) is 5.84. The summed E-state index contributed by atoms with van der Waals surface area (Å²) in [4.78, 5) is 12.4. The fraction of sp³-hybridized carbons (Fsp3) is 0.810. The predicted octanol–water partition coefficient (Wildman–Crippen LogP) is 5.55. The number of nitrogens with zero attached hydrogens (tertiary/aromatic N) is 1. The van der Waals surface area contributed by atoms with Gasteiger partial charge in [-0.2, -0.15) is 5.26 Å². The van der Waals surface area contributed by atoms with Crippen molar-refractivity contribution in [3.63, 3.8) is 0 Å². The minimum atomic E-state index is 0.0537. The maximum absolute atomic E-state index is 12.4. The topological polar surface area (TPSA) is 50.1 Å². The summed E-state index contributed by atoms with van der Waals surface area (Å²) >= 11 is 0. The van der Waals surface area contributed by atoms with Gasteiger partial charge in [0.05, 0.1) is 12.0 Å². The maximum atomic E-state index is 12.4. The molecule has 134 valence electrons. The SMILES string of the molecule is CCCCC[C@H]1CC[C@H](C(=O)OC2CCC(/C=C/C#N)CC2)CC1. The van der Waals surface area contributed by atoms with Gasteiger partial charge in [-0.3, -0.25) is 4.79 Å². The highest BCUT2D eigenvalue weighted by Crippen LogP contribution is 2.34. The summed E-state index contributed by atoms with van der Waals surface area (Å²) < 4.78 is 5.79. The van der Waals surface area contributed by atoms with Crippen LogP contribution in [-0.2, 0) is 9.53 Å². The molecule has 0 bridgehead atoms. The van der Waals surface area contributed by atoms with Crippen molar-refractivity contribution in [2.45, 2.75) is 90.1 Å². The van der Waals surface area contributed by atoms with Crippen LogP contribution >= 0.6 is 0 Å². The summed E-state index contributed by atoms with van der Waals surface area (Å²) in [5, 5.41) is 8.58. The van der Waals surface area contributed by atoms with E-state index in [1.807, 2.05) is 6.08 Å². The average molecular weight is 332 g/mol. The summed E-state index contributed by atoms with van der Waals surface area (Å²) in [7, 11) is 0. The molecule has 0 heterocycles.